The molecule has 3 heterocycles. The van der Waals surface area contributed by atoms with Gasteiger partial charge in [0.1, 0.15) is 17.3 Å². The Morgan fingerprint density at radius 3 is 2.52 bits per heavy atom. The van der Waals surface area contributed by atoms with Crippen LogP contribution < -0.4 is 10.2 Å². The fourth-order valence-electron chi connectivity index (χ4n) is 4.02. The van der Waals surface area contributed by atoms with Gasteiger partial charge in [0, 0.05) is 32.2 Å². The number of alkyl halides is 3. The van der Waals surface area contributed by atoms with Gasteiger partial charge in [-0.05, 0) is 36.8 Å². The molecule has 1 aromatic carbocycles. The maximum atomic E-state index is 13.6. The number of nitrogens with zero attached hydrogens (tertiary/aromatic N) is 5. The van der Waals surface area contributed by atoms with E-state index in [9.17, 15) is 22.4 Å². The molecule has 1 N–H and O–H groups in total. The molecule has 0 saturated carbocycles. The lowest BCUT2D eigenvalue weighted by Crippen LogP contribution is -2.49. The molecule has 0 aliphatic carbocycles. The van der Waals surface area contributed by atoms with E-state index in [1.807, 2.05) is 17.0 Å². The summed E-state index contributed by atoms with van der Waals surface area (Å²) in [5.41, 5.74) is -1.16. The van der Waals surface area contributed by atoms with Crippen LogP contribution in [0.5, 0.6) is 0 Å². The number of benzene rings is 1. The van der Waals surface area contributed by atoms with E-state index >= 15 is 0 Å². The minimum absolute atomic E-state index is 0.184. The maximum Gasteiger partial charge on any atom is 0.417 e. The third-order valence-electron chi connectivity index (χ3n) is 5.75. The minimum atomic E-state index is -4.74. The highest BCUT2D eigenvalue weighted by Gasteiger charge is 2.37. The van der Waals surface area contributed by atoms with Gasteiger partial charge in [-0.25, -0.2) is 4.39 Å². The quantitative estimate of drug-likeness (QED) is 0.689. The Labute approximate surface area is 188 Å². The van der Waals surface area contributed by atoms with Gasteiger partial charge in [-0.1, -0.05) is 13.3 Å². The lowest BCUT2D eigenvalue weighted by molar-refractivity contribution is -0.138. The van der Waals surface area contributed by atoms with Gasteiger partial charge in [-0.15, -0.1) is 10.2 Å². The zero-order valence-corrected chi connectivity index (χ0v) is 18.1. The van der Waals surface area contributed by atoms with E-state index in [0.717, 1.165) is 18.7 Å². The highest BCUT2D eigenvalue weighted by Crippen LogP contribution is 2.33. The maximum absolute atomic E-state index is 13.6. The second-order valence-electron chi connectivity index (χ2n) is 8.06. The monoisotopic (exact) mass is 464 g/mol. The highest BCUT2D eigenvalue weighted by molar-refractivity contribution is 5.98. The second-order valence-corrected chi connectivity index (χ2v) is 8.06. The summed E-state index contributed by atoms with van der Waals surface area (Å²) in [6.45, 7) is 3.94. The Kier molecular flexibility index (Phi) is 6.48. The van der Waals surface area contributed by atoms with Crippen LogP contribution in [-0.4, -0.2) is 65.6 Å². The van der Waals surface area contributed by atoms with Gasteiger partial charge in [-0.2, -0.15) is 13.2 Å². The van der Waals surface area contributed by atoms with Gasteiger partial charge >= 0.3 is 6.18 Å². The van der Waals surface area contributed by atoms with E-state index in [4.69, 9.17) is 0 Å². The van der Waals surface area contributed by atoms with Crippen LogP contribution in [0, 0.1) is 5.82 Å². The standard InChI is InChI=1S/C22H24F4N6O/c1-2-3-15-13-27-20(28-15)18-6-7-19(30-29-18)31-8-10-32(11-9-31)21(33)16-12-14(23)4-5-17(16)22(24,25)26/h4-7,12,15H,2-3,8-11,13H2,1H3,(H,27,28). The molecule has 2 aliphatic heterocycles. The van der Waals surface area contributed by atoms with Crippen molar-refractivity contribution in [2.45, 2.75) is 32.0 Å². The molecule has 1 atom stereocenters. The van der Waals surface area contributed by atoms with E-state index in [1.165, 1.54) is 4.90 Å². The summed E-state index contributed by atoms with van der Waals surface area (Å²) in [6, 6.07) is 5.90. The number of amidine groups is 1. The third-order valence-corrected chi connectivity index (χ3v) is 5.75. The fraction of sp³-hybridized carbons (Fsp3) is 0.455. The second kappa shape index (κ2) is 9.32. The van der Waals surface area contributed by atoms with Gasteiger partial charge in [0.15, 0.2) is 5.82 Å². The number of amides is 1. The normalized spacial score (nSPS) is 18.8. The van der Waals surface area contributed by atoms with Crippen molar-refractivity contribution in [3.05, 3.63) is 53.0 Å². The SMILES string of the molecule is CCCC1CN=C(c2ccc(N3CCN(C(=O)c4cc(F)ccc4C(F)(F)F)CC3)nn2)N1. The molecule has 0 radical (unpaired) electrons. The average molecular weight is 464 g/mol. The summed E-state index contributed by atoms with van der Waals surface area (Å²) in [7, 11) is 0. The molecule has 7 nitrogen and oxygen atoms in total. The number of anilines is 1. The van der Waals surface area contributed by atoms with Crippen LogP contribution in [0.2, 0.25) is 0 Å². The van der Waals surface area contributed by atoms with Crippen LogP contribution in [0.25, 0.3) is 0 Å². The summed E-state index contributed by atoms with van der Waals surface area (Å²) < 4.78 is 53.4. The Morgan fingerprint density at radius 1 is 1.12 bits per heavy atom. The van der Waals surface area contributed by atoms with Gasteiger partial charge in [0.2, 0.25) is 0 Å². The van der Waals surface area contributed by atoms with E-state index in [0.29, 0.717) is 55.4 Å². The first-order valence-electron chi connectivity index (χ1n) is 10.8. The summed E-state index contributed by atoms with van der Waals surface area (Å²) in [4.78, 5) is 20.4. The number of nitrogens with one attached hydrogen (secondary N) is 1. The van der Waals surface area contributed by atoms with Gasteiger partial charge < -0.3 is 15.1 Å². The third kappa shape index (κ3) is 5.07. The first-order chi connectivity index (χ1) is 15.8. The lowest BCUT2D eigenvalue weighted by Gasteiger charge is -2.35. The average Bonchev–Trinajstić information content (AvgIpc) is 3.27. The number of aliphatic imine (C=N–C) groups is 1. The van der Waals surface area contributed by atoms with Crippen molar-refractivity contribution in [1.82, 2.24) is 20.4 Å². The molecule has 33 heavy (non-hydrogen) atoms. The Balaban J connectivity index is 1.39. The van der Waals surface area contributed by atoms with Crippen LogP contribution in [0.1, 0.15) is 41.4 Å². The van der Waals surface area contributed by atoms with Crippen LogP contribution in [0.15, 0.2) is 35.3 Å². The van der Waals surface area contributed by atoms with Crippen LogP contribution >= 0.6 is 0 Å². The van der Waals surface area contributed by atoms with Crippen molar-refractivity contribution >= 4 is 17.6 Å². The molecule has 176 valence electrons. The first-order valence-corrected chi connectivity index (χ1v) is 10.8. The van der Waals surface area contributed by atoms with Crippen LogP contribution in [0.3, 0.4) is 0 Å². The summed E-state index contributed by atoms with van der Waals surface area (Å²) >= 11 is 0. The van der Waals surface area contributed by atoms with Gasteiger partial charge in [-0.3, -0.25) is 9.79 Å². The van der Waals surface area contributed by atoms with E-state index in [-0.39, 0.29) is 13.1 Å². The molecule has 0 spiro atoms. The Bertz CT molecular complexity index is 1030. The Hall–Kier alpha value is -3.24. The van der Waals surface area contributed by atoms with Crippen molar-refractivity contribution in [2.24, 2.45) is 4.99 Å². The number of hydrogen-bond acceptors (Lipinski definition) is 6. The van der Waals surface area contributed by atoms with Crippen molar-refractivity contribution in [3.8, 4) is 0 Å². The predicted molar refractivity (Wildman–Crippen MR) is 115 cm³/mol. The van der Waals surface area contributed by atoms with Crippen molar-refractivity contribution in [3.63, 3.8) is 0 Å². The summed E-state index contributed by atoms with van der Waals surface area (Å²) in [5.74, 6) is -0.396. The number of carbonyl (C=O) groups excluding carboxylic acids is 1. The summed E-state index contributed by atoms with van der Waals surface area (Å²) in [5, 5.41) is 11.8. The van der Waals surface area contributed by atoms with Crippen LogP contribution in [-0.2, 0) is 6.18 Å². The smallest absolute Gasteiger partial charge is 0.364 e. The van der Waals surface area contributed by atoms with Gasteiger partial charge in [0.05, 0.1) is 17.7 Å². The number of aromatic nitrogens is 2. The Morgan fingerprint density at radius 2 is 1.88 bits per heavy atom. The molecule has 1 unspecified atom stereocenters. The predicted octanol–water partition coefficient (Wildman–Crippen LogP) is 3.12. The zero-order chi connectivity index (χ0) is 23.6. The topological polar surface area (TPSA) is 73.7 Å². The van der Waals surface area contributed by atoms with E-state index < -0.39 is 29.0 Å². The molecule has 1 saturated heterocycles. The molecule has 11 heteroatoms. The molecule has 1 amide bonds. The molecule has 4 rings (SSSR count). The number of piperazine rings is 1. The largest absolute Gasteiger partial charge is 0.417 e. The number of halogens is 4. The summed E-state index contributed by atoms with van der Waals surface area (Å²) in [6.07, 6.45) is -2.65. The molecular formula is C22H24F4N6O. The van der Waals surface area contributed by atoms with E-state index in [2.05, 4.69) is 27.4 Å². The first kappa shape index (κ1) is 22.9. The van der Waals surface area contributed by atoms with Gasteiger partial charge in [0.25, 0.3) is 5.91 Å². The molecule has 2 aromatic rings. The highest BCUT2D eigenvalue weighted by atomic mass is 19.4. The molecule has 1 fully saturated rings. The van der Waals surface area contributed by atoms with E-state index in [1.54, 1.807) is 0 Å². The van der Waals surface area contributed by atoms with Crippen LogP contribution in [0.4, 0.5) is 23.4 Å². The van der Waals surface area contributed by atoms with Crippen molar-refractivity contribution < 1.29 is 22.4 Å². The van der Waals surface area contributed by atoms with Crippen molar-refractivity contribution in [2.75, 3.05) is 37.6 Å². The number of hydrogen-bond donors (Lipinski definition) is 1. The molecule has 2 aliphatic rings. The van der Waals surface area contributed by atoms with Crippen molar-refractivity contribution in [1.29, 1.82) is 0 Å². The molecular weight excluding hydrogens is 440 g/mol. The number of carbonyl (C=O) groups is 1. The number of rotatable bonds is 5. The molecule has 1 aromatic heterocycles. The zero-order valence-electron chi connectivity index (χ0n) is 18.1. The molecule has 0 bridgehead atoms. The fourth-order valence-corrected chi connectivity index (χ4v) is 4.02. The minimum Gasteiger partial charge on any atom is -0.364 e. The lowest BCUT2D eigenvalue weighted by atomic mass is 10.0.